The van der Waals surface area contributed by atoms with Crippen LogP contribution in [0.25, 0.3) is 0 Å². The molecule has 0 radical (unpaired) electrons. The molecule has 0 atom stereocenters. The maximum absolute atomic E-state index is 13.5. The van der Waals surface area contributed by atoms with Crippen LogP contribution in [-0.4, -0.2) is 91.3 Å². The zero-order chi connectivity index (χ0) is 42.1. The first kappa shape index (κ1) is 49.0. The van der Waals surface area contributed by atoms with Crippen LogP contribution < -0.4 is 0 Å². The van der Waals surface area contributed by atoms with E-state index < -0.39 is 62.2 Å². The molecule has 0 aliphatic carbocycles. The Labute approximate surface area is 328 Å². The molecule has 0 saturated carbocycles. The van der Waals surface area contributed by atoms with Gasteiger partial charge in [-0.2, -0.15) is 0 Å². The van der Waals surface area contributed by atoms with E-state index in [0.717, 1.165) is 0 Å². The highest BCUT2D eigenvalue weighted by atomic mass is 16.9. The third-order valence-electron chi connectivity index (χ3n) is 12.5. The molecule has 2 fully saturated rings. The van der Waals surface area contributed by atoms with Crippen LogP contribution in [0.4, 0.5) is 0 Å². The van der Waals surface area contributed by atoms with Gasteiger partial charge < -0.3 is 42.6 Å². The molecule has 0 N–H and O–H groups in total. The third kappa shape index (κ3) is 12.2. The number of hydrogen-bond acceptors (Lipinski definition) is 11. The number of rotatable bonds is 18. The fourth-order valence-electron chi connectivity index (χ4n) is 5.81. The van der Waals surface area contributed by atoms with Gasteiger partial charge in [0.15, 0.2) is 5.78 Å². The van der Waals surface area contributed by atoms with Crippen LogP contribution in [0.15, 0.2) is 0 Å². The van der Waals surface area contributed by atoms with Gasteiger partial charge in [-0.25, -0.2) is 0 Å². The molecule has 1 spiro atoms. The molecule has 2 aliphatic heterocycles. The molecule has 2 aliphatic rings. The van der Waals surface area contributed by atoms with Gasteiger partial charge in [-0.15, -0.1) is 0 Å². The zero-order valence-corrected chi connectivity index (χ0v) is 38.1. The summed E-state index contributed by atoms with van der Waals surface area (Å²) in [5.74, 6) is -2.85. The van der Waals surface area contributed by atoms with Gasteiger partial charge in [-0.3, -0.25) is 9.59 Å². The second-order valence-corrected chi connectivity index (χ2v) is 21.1. The van der Waals surface area contributed by atoms with E-state index >= 15 is 0 Å². The Morgan fingerprint density at radius 2 is 1.04 bits per heavy atom. The topological polar surface area (TPSA) is 117 Å². The minimum Gasteiger partial charge on any atom is -0.459 e. The van der Waals surface area contributed by atoms with Crippen molar-refractivity contribution in [2.24, 2.45) is 21.7 Å². The van der Waals surface area contributed by atoms with Crippen LogP contribution in [0.2, 0.25) is 0 Å². The highest BCUT2D eigenvalue weighted by Crippen LogP contribution is 2.44. The lowest BCUT2D eigenvalue weighted by Crippen LogP contribution is -2.61. The first-order valence-corrected chi connectivity index (χ1v) is 20.0. The first-order valence-electron chi connectivity index (χ1n) is 20.0. The Hall–Kier alpha value is -1.18. The van der Waals surface area contributed by atoms with Crippen LogP contribution in [0, 0.1) is 21.7 Å². The second kappa shape index (κ2) is 16.6. The summed E-state index contributed by atoms with van der Waals surface area (Å²) in [4.78, 5) is 27.0. The summed E-state index contributed by atoms with van der Waals surface area (Å²) in [7, 11) is 0. The molecule has 0 bridgehead atoms. The fraction of sp³-hybridized carbons (Fsp3) is 0.953. The van der Waals surface area contributed by atoms with Crippen molar-refractivity contribution in [1.29, 1.82) is 0 Å². The van der Waals surface area contributed by atoms with E-state index in [1.54, 1.807) is 0 Å². The van der Waals surface area contributed by atoms with Gasteiger partial charge in [0.1, 0.15) is 12.2 Å². The van der Waals surface area contributed by atoms with Crippen molar-refractivity contribution in [3.8, 4) is 0 Å². The molecule has 2 heterocycles. The molecular formula is C43H80O11. The number of hydrogen-bond donors (Lipinski definition) is 0. The second-order valence-electron chi connectivity index (χ2n) is 21.1. The monoisotopic (exact) mass is 773 g/mol. The van der Waals surface area contributed by atoms with Crippen molar-refractivity contribution in [1.82, 2.24) is 0 Å². The first-order chi connectivity index (χ1) is 24.0. The summed E-state index contributed by atoms with van der Waals surface area (Å²) in [6.07, 6.45) is 1.53. The van der Waals surface area contributed by atoms with Crippen molar-refractivity contribution in [2.45, 2.75) is 204 Å². The molecule has 0 unspecified atom stereocenters. The highest BCUT2D eigenvalue weighted by Gasteiger charge is 2.54. The Balaban J connectivity index is 1.96. The van der Waals surface area contributed by atoms with E-state index in [4.69, 9.17) is 42.6 Å². The quantitative estimate of drug-likeness (QED) is 0.124. The molecule has 11 nitrogen and oxygen atoms in total. The third-order valence-corrected chi connectivity index (χ3v) is 12.5. The maximum atomic E-state index is 13.5. The molecule has 0 amide bonds. The van der Waals surface area contributed by atoms with Gasteiger partial charge in [0, 0.05) is 24.9 Å². The van der Waals surface area contributed by atoms with Crippen LogP contribution in [0.3, 0.4) is 0 Å². The summed E-state index contributed by atoms with van der Waals surface area (Å²) in [5, 5.41) is 0. The average molecular weight is 773 g/mol. The van der Waals surface area contributed by atoms with E-state index in [2.05, 4.69) is 34.6 Å². The van der Waals surface area contributed by atoms with Crippen LogP contribution in [0.1, 0.15) is 164 Å². The summed E-state index contributed by atoms with van der Waals surface area (Å²) in [6, 6.07) is 0. The fourth-order valence-corrected chi connectivity index (χ4v) is 5.81. The Kier molecular flexibility index (Phi) is 15.0. The van der Waals surface area contributed by atoms with E-state index in [1.165, 1.54) is 0 Å². The average Bonchev–Trinajstić information content (AvgIpc) is 3.00. The van der Waals surface area contributed by atoms with E-state index in [-0.39, 0.29) is 24.2 Å². The SMILES string of the molecule is CCC1(OC(C)(C)C)OCC2(CO1)COC(CC)(OC(C)(C)CC(=O)OC(C)(C)C(C)(C)CCOC(C)(C)C(C)(C)C(=O)COC(C)(C)C(C)(C)C)OC2. The number of ether oxygens (including phenoxy) is 9. The van der Waals surface area contributed by atoms with E-state index in [1.807, 2.05) is 104 Å². The molecule has 54 heavy (non-hydrogen) atoms. The van der Waals surface area contributed by atoms with Crippen LogP contribution in [0.5, 0.6) is 0 Å². The highest BCUT2D eigenvalue weighted by molar-refractivity contribution is 5.86. The van der Waals surface area contributed by atoms with Gasteiger partial charge in [-0.1, -0.05) is 62.3 Å². The predicted molar refractivity (Wildman–Crippen MR) is 210 cm³/mol. The minimum absolute atomic E-state index is 0.00816. The van der Waals surface area contributed by atoms with Gasteiger partial charge in [0.25, 0.3) is 11.9 Å². The van der Waals surface area contributed by atoms with Crippen LogP contribution in [-0.2, 0) is 52.2 Å². The van der Waals surface area contributed by atoms with Crippen molar-refractivity contribution >= 4 is 11.8 Å². The Morgan fingerprint density at radius 3 is 1.44 bits per heavy atom. The zero-order valence-electron chi connectivity index (χ0n) is 38.1. The van der Waals surface area contributed by atoms with Crippen molar-refractivity contribution in [3.63, 3.8) is 0 Å². The predicted octanol–water partition coefficient (Wildman–Crippen LogP) is 9.16. The van der Waals surface area contributed by atoms with Crippen molar-refractivity contribution in [2.75, 3.05) is 39.6 Å². The Morgan fingerprint density at radius 1 is 0.593 bits per heavy atom. The summed E-state index contributed by atoms with van der Waals surface area (Å²) >= 11 is 0. The number of carbonyl (C=O) groups excluding carboxylic acids is 2. The van der Waals surface area contributed by atoms with Gasteiger partial charge in [0.2, 0.25) is 0 Å². The number of esters is 1. The van der Waals surface area contributed by atoms with Gasteiger partial charge in [-0.05, 0) is 88.0 Å². The molecule has 2 rings (SSSR count). The van der Waals surface area contributed by atoms with Gasteiger partial charge in [0.05, 0.1) is 66.1 Å². The lowest BCUT2D eigenvalue weighted by atomic mass is 9.73. The number of Topliss-reactive ketones (excluding diaryl/α,β-unsaturated/α-hetero) is 1. The molecular weight excluding hydrogens is 692 g/mol. The van der Waals surface area contributed by atoms with Crippen molar-refractivity contribution < 1.29 is 52.2 Å². The molecule has 0 aromatic rings. The normalized spacial score (nSPS) is 25.6. The lowest BCUT2D eigenvalue weighted by Gasteiger charge is -2.52. The number of carbonyl (C=O) groups is 2. The molecule has 318 valence electrons. The summed E-state index contributed by atoms with van der Waals surface area (Å²) < 4.78 is 56.2. The number of ketones is 1. The lowest BCUT2D eigenvalue weighted by molar-refractivity contribution is -0.481. The molecule has 11 heteroatoms. The van der Waals surface area contributed by atoms with Gasteiger partial charge >= 0.3 is 5.97 Å². The summed E-state index contributed by atoms with van der Waals surface area (Å²) in [5.41, 5.74) is -5.40. The van der Waals surface area contributed by atoms with E-state index in [0.29, 0.717) is 52.3 Å². The minimum atomic E-state index is -1.33. The standard InChI is InChI=1S/C43H80O11/c1-21-42(53-34(6,7)8)48-27-41(28-49-42)29-50-43(22-2,51-30-41)54-36(11,12)25-32(45)52-39(17,18)35(9,10)23-24-46-40(19,20)37(13,14)31(44)26-47-38(15,16)33(3,4)5/h21-30H2,1-20H3. The van der Waals surface area contributed by atoms with E-state index in [9.17, 15) is 9.59 Å². The molecule has 2 saturated heterocycles. The summed E-state index contributed by atoms with van der Waals surface area (Å²) in [6.45, 7) is 41.1. The maximum Gasteiger partial charge on any atom is 0.309 e. The smallest absolute Gasteiger partial charge is 0.309 e. The molecule has 0 aromatic heterocycles. The largest absolute Gasteiger partial charge is 0.459 e. The molecule has 0 aromatic carbocycles. The van der Waals surface area contributed by atoms with Crippen LogP contribution >= 0.6 is 0 Å². The van der Waals surface area contributed by atoms with Crippen molar-refractivity contribution in [3.05, 3.63) is 0 Å². The Bertz CT molecular complexity index is 1240.